The number of aliphatic carboxylic acids is 1. The number of alkyl halides is 3. The van der Waals surface area contributed by atoms with Gasteiger partial charge in [-0.1, -0.05) is 49.7 Å². The predicted molar refractivity (Wildman–Crippen MR) is 146 cm³/mol. The quantitative estimate of drug-likeness (QED) is 0.213. The zero-order valence-corrected chi connectivity index (χ0v) is 22.3. The Morgan fingerprint density at radius 3 is 2.26 bits per heavy atom. The summed E-state index contributed by atoms with van der Waals surface area (Å²) in [7, 11) is 0. The number of carboxylic acid groups (broad SMARTS) is 1. The Hall–Kier alpha value is -3.72. The zero-order chi connectivity index (χ0) is 28.6. The number of carbonyl (C=O) groups is 2. The predicted octanol–water partition coefficient (Wildman–Crippen LogP) is 6.79. The highest BCUT2D eigenvalue weighted by atomic mass is 35.5. The average Bonchev–Trinajstić information content (AvgIpc) is 2.91. The Balaban J connectivity index is 1.59. The highest BCUT2D eigenvalue weighted by molar-refractivity contribution is 6.33. The summed E-state index contributed by atoms with van der Waals surface area (Å²) in [6, 6.07) is 17.5. The normalized spacial score (nSPS) is 12.2. The molecule has 0 aliphatic rings. The van der Waals surface area contributed by atoms with Crippen molar-refractivity contribution < 1.29 is 32.6 Å². The summed E-state index contributed by atoms with van der Waals surface area (Å²) < 4.78 is 45.8. The molecule has 208 valence electrons. The van der Waals surface area contributed by atoms with Gasteiger partial charge in [-0.05, 0) is 53.9 Å². The second kappa shape index (κ2) is 13.4. The molecule has 0 aliphatic carbocycles. The molecule has 0 bridgehead atoms. The molecule has 1 atom stereocenters. The lowest BCUT2D eigenvalue weighted by atomic mass is 10.0. The largest absolute Gasteiger partial charge is 0.491 e. The summed E-state index contributed by atoms with van der Waals surface area (Å²) in [5, 5.41) is 14.7. The van der Waals surface area contributed by atoms with Crippen molar-refractivity contribution in [2.75, 3.05) is 25.1 Å². The SMILES string of the molecule is CC(C)[C@H](COc1ccc(-c2ccc(C(F)(F)CF)cc2Cl)cc1)Nc1ccc(C(=O)NCCC(=O)O)cc1. The molecule has 0 spiro atoms. The Kier molecular flexibility index (Phi) is 10.2. The molecule has 10 heteroatoms. The van der Waals surface area contributed by atoms with Gasteiger partial charge in [-0.15, -0.1) is 0 Å². The maximum absolute atomic E-state index is 13.6. The van der Waals surface area contributed by atoms with Gasteiger partial charge < -0.3 is 20.5 Å². The first-order valence-electron chi connectivity index (χ1n) is 12.3. The number of carboxylic acids is 1. The van der Waals surface area contributed by atoms with Gasteiger partial charge in [0.15, 0.2) is 6.67 Å². The van der Waals surface area contributed by atoms with Gasteiger partial charge in [-0.3, -0.25) is 9.59 Å². The molecule has 0 fully saturated rings. The van der Waals surface area contributed by atoms with Gasteiger partial charge in [0.25, 0.3) is 5.91 Å². The van der Waals surface area contributed by atoms with Crippen molar-refractivity contribution in [1.29, 1.82) is 0 Å². The van der Waals surface area contributed by atoms with E-state index in [1.54, 1.807) is 48.5 Å². The molecule has 3 N–H and O–H groups in total. The van der Waals surface area contributed by atoms with Crippen molar-refractivity contribution in [3.8, 4) is 16.9 Å². The van der Waals surface area contributed by atoms with Crippen molar-refractivity contribution >= 4 is 29.2 Å². The number of benzene rings is 3. The topological polar surface area (TPSA) is 87.7 Å². The summed E-state index contributed by atoms with van der Waals surface area (Å²) in [5.41, 5.74) is 2.00. The highest BCUT2D eigenvalue weighted by Gasteiger charge is 2.32. The Labute approximate surface area is 230 Å². The first-order valence-corrected chi connectivity index (χ1v) is 12.7. The fraction of sp³-hybridized carbons (Fsp3) is 0.310. The zero-order valence-electron chi connectivity index (χ0n) is 21.5. The summed E-state index contributed by atoms with van der Waals surface area (Å²) in [4.78, 5) is 22.7. The van der Waals surface area contributed by atoms with Crippen LogP contribution in [0.2, 0.25) is 5.02 Å². The molecular formula is C29H30ClF3N2O4. The molecule has 6 nitrogen and oxygen atoms in total. The third-order valence-electron chi connectivity index (χ3n) is 6.08. The molecular weight excluding hydrogens is 533 g/mol. The number of nitrogens with one attached hydrogen (secondary N) is 2. The fourth-order valence-electron chi connectivity index (χ4n) is 3.69. The van der Waals surface area contributed by atoms with E-state index >= 15 is 0 Å². The fourth-order valence-corrected chi connectivity index (χ4v) is 3.98. The second-order valence-corrected chi connectivity index (χ2v) is 9.75. The van der Waals surface area contributed by atoms with Crippen LogP contribution in [-0.2, 0) is 10.7 Å². The molecule has 0 heterocycles. The molecule has 3 aromatic rings. The van der Waals surface area contributed by atoms with Crippen LogP contribution in [0.25, 0.3) is 11.1 Å². The van der Waals surface area contributed by atoms with Crippen molar-refractivity contribution in [3.05, 3.63) is 82.9 Å². The van der Waals surface area contributed by atoms with Crippen molar-refractivity contribution in [2.24, 2.45) is 5.92 Å². The molecule has 0 aromatic heterocycles. The Bertz CT molecular complexity index is 1270. The number of hydrogen-bond acceptors (Lipinski definition) is 4. The van der Waals surface area contributed by atoms with Crippen molar-refractivity contribution in [3.63, 3.8) is 0 Å². The van der Waals surface area contributed by atoms with Crippen LogP contribution in [0.3, 0.4) is 0 Å². The molecule has 0 saturated carbocycles. The molecule has 0 saturated heterocycles. The third kappa shape index (κ3) is 8.38. The first kappa shape index (κ1) is 29.8. The number of hydrogen-bond donors (Lipinski definition) is 3. The highest BCUT2D eigenvalue weighted by Crippen LogP contribution is 2.35. The smallest absolute Gasteiger partial charge is 0.305 e. The summed E-state index contributed by atoms with van der Waals surface area (Å²) in [6.07, 6.45) is -0.145. The summed E-state index contributed by atoms with van der Waals surface area (Å²) in [5.74, 6) is -4.09. The van der Waals surface area contributed by atoms with E-state index in [4.69, 9.17) is 21.4 Å². The first-order chi connectivity index (χ1) is 18.5. The molecule has 0 unspecified atom stereocenters. The number of rotatable bonds is 13. The molecule has 3 aromatic carbocycles. The number of carbonyl (C=O) groups excluding carboxylic acids is 1. The number of ether oxygens (including phenoxy) is 1. The van der Waals surface area contributed by atoms with Gasteiger partial charge in [0.2, 0.25) is 0 Å². The lowest BCUT2D eigenvalue weighted by Crippen LogP contribution is -2.32. The number of amides is 1. The van der Waals surface area contributed by atoms with Crippen LogP contribution < -0.4 is 15.4 Å². The minimum atomic E-state index is -3.58. The third-order valence-corrected chi connectivity index (χ3v) is 6.40. The lowest BCUT2D eigenvalue weighted by Gasteiger charge is -2.24. The van der Waals surface area contributed by atoms with Crippen LogP contribution >= 0.6 is 11.6 Å². The Morgan fingerprint density at radius 1 is 1.03 bits per heavy atom. The molecule has 39 heavy (non-hydrogen) atoms. The van der Waals surface area contributed by atoms with Crippen LogP contribution in [-0.4, -0.2) is 42.9 Å². The van der Waals surface area contributed by atoms with E-state index in [2.05, 4.69) is 10.6 Å². The maximum atomic E-state index is 13.6. The van der Waals surface area contributed by atoms with E-state index in [0.717, 1.165) is 11.8 Å². The van der Waals surface area contributed by atoms with E-state index in [1.165, 1.54) is 12.1 Å². The number of anilines is 1. The molecule has 0 aliphatic heterocycles. The standard InChI is InChI=1S/C29H30ClF3N2O4/c1-18(2)26(35-22-8-3-20(4-9-22)28(38)34-14-13-27(36)37)16-39-23-10-5-19(6-11-23)24-12-7-21(15-25(24)30)29(32,33)17-31/h3-12,15,18,26,35H,13-14,16-17H2,1-2H3,(H,34,38)(H,36,37)/t26-/m0/s1. The van der Waals surface area contributed by atoms with Gasteiger partial charge in [0.05, 0.1) is 12.5 Å². The van der Waals surface area contributed by atoms with Crippen LogP contribution in [0, 0.1) is 5.92 Å². The van der Waals surface area contributed by atoms with Gasteiger partial charge in [-0.2, -0.15) is 8.78 Å². The van der Waals surface area contributed by atoms with Gasteiger partial charge >= 0.3 is 11.9 Å². The van der Waals surface area contributed by atoms with Crippen LogP contribution in [0.1, 0.15) is 36.2 Å². The minimum absolute atomic E-state index is 0.0562. The average molecular weight is 563 g/mol. The second-order valence-electron chi connectivity index (χ2n) is 9.34. The monoisotopic (exact) mass is 562 g/mol. The van der Waals surface area contributed by atoms with Gasteiger partial charge in [-0.25, -0.2) is 4.39 Å². The Morgan fingerprint density at radius 2 is 1.69 bits per heavy atom. The molecule has 0 radical (unpaired) electrons. The van der Waals surface area contributed by atoms with Crippen molar-refractivity contribution in [1.82, 2.24) is 5.32 Å². The lowest BCUT2D eigenvalue weighted by molar-refractivity contribution is -0.136. The molecule has 3 rings (SSSR count). The van der Waals surface area contributed by atoms with Crippen LogP contribution in [0.4, 0.5) is 18.9 Å². The maximum Gasteiger partial charge on any atom is 0.305 e. The van der Waals surface area contributed by atoms with E-state index in [1.807, 2.05) is 13.8 Å². The van der Waals surface area contributed by atoms with Crippen LogP contribution in [0.5, 0.6) is 5.75 Å². The van der Waals surface area contributed by atoms with Gasteiger partial charge in [0.1, 0.15) is 12.4 Å². The summed E-state index contributed by atoms with van der Waals surface area (Å²) >= 11 is 6.20. The number of halogens is 4. The van der Waals surface area contributed by atoms with Crippen molar-refractivity contribution in [2.45, 2.75) is 32.2 Å². The van der Waals surface area contributed by atoms with E-state index < -0.39 is 24.1 Å². The molecule has 1 amide bonds. The minimum Gasteiger partial charge on any atom is -0.491 e. The van der Waals surface area contributed by atoms with Crippen LogP contribution in [0.15, 0.2) is 66.7 Å². The summed E-state index contributed by atoms with van der Waals surface area (Å²) in [6.45, 7) is 2.71. The van der Waals surface area contributed by atoms with E-state index in [-0.39, 0.29) is 35.9 Å². The van der Waals surface area contributed by atoms with E-state index in [9.17, 15) is 22.8 Å². The van der Waals surface area contributed by atoms with E-state index in [0.29, 0.717) is 29.0 Å². The van der Waals surface area contributed by atoms with Gasteiger partial charge in [0, 0.05) is 33.9 Å².